The lowest BCUT2D eigenvalue weighted by atomic mass is 9.93. The number of rotatable bonds is 4. The van der Waals surface area contributed by atoms with Crippen molar-refractivity contribution in [2.45, 2.75) is 44.6 Å². The van der Waals surface area contributed by atoms with Crippen LogP contribution in [0.1, 0.15) is 47.9 Å². The van der Waals surface area contributed by atoms with Crippen LogP contribution in [0.5, 0.6) is 0 Å². The van der Waals surface area contributed by atoms with E-state index in [4.69, 9.17) is 0 Å². The largest absolute Gasteiger partial charge is 0.480 e. The molecule has 0 spiro atoms. The summed E-state index contributed by atoms with van der Waals surface area (Å²) in [6.07, 6.45) is 8.24. The zero-order valence-corrected chi connectivity index (χ0v) is 18.5. The van der Waals surface area contributed by atoms with Crippen molar-refractivity contribution in [1.82, 2.24) is 4.90 Å². The first-order valence-corrected chi connectivity index (χ1v) is 10.1. The Balaban J connectivity index is 0.00000150. The molecule has 1 fully saturated rings. The smallest absolute Gasteiger partial charge is 0.320 e. The molecule has 0 amide bonds. The van der Waals surface area contributed by atoms with Gasteiger partial charge in [0.15, 0.2) is 0 Å². The van der Waals surface area contributed by atoms with Crippen molar-refractivity contribution >= 4 is 37.4 Å². The third kappa shape index (κ3) is 5.25. The van der Waals surface area contributed by atoms with Gasteiger partial charge in [-0.3, -0.25) is 9.69 Å². The van der Waals surface area contributed by atoms with Crippen LogP contribution in [0.25, 0.3) is 5.57 Å². The summed E-state index contributed by atoms with van der Waals surface area (Å²) in [6, 6.07) is 17.1. The number of aliphatic carboxylic acids is 1. The van der Waals surface area contributed by atoms with Gasteiger partial charge in [-0.05, 0) is 66.5 Å². The molecule has 5 heteroatoms. The van der Waals surface area contributed by atoms with Gasteiger partial charge in [-0.25, -0.2) is 0 Å². The minimum absolute atomic E-state index is 0. The van der Waals surface area contributed by atoms with Crippen molar-refractivity contribution < 1.29 is 9.90 Å². The maximum atomic E-state index is 11.5. The zero-order valence-electron chi connectivity index (χ0n) is 16.6. The third-order valence-electron chi connectivity index (χ3n) is 5.94. The van der Waals surface area contributed by atoms with Crippen LogP contribution < -0.4 is 0 Å². The first-order chi connectivity index (χ1) is 13.2. The molecule has 1 N–H and O–H groups in total. The minimum atomic E-state index is -0.674. The monoisotopic (exact) mass is 431 g/mol. The average Bonchev–Trinajstić information content (AvgIpc) is 2.86. The van der Waals surface area contributed by atoms with Crippen molar-refractivity contribution in [3.63, 3.8) is 0 Å². The molecule has 0 saturated carbocycles. The molecule has 0 aromatic heterocycles. The van der Waals surface area contributed by atoms with E-state index in [1.807, 2.05) is 0 Å². The first-order valence-electron chi connectivity index (χ1n) is 10.1. The van der Waals surface area contributed by atoms with Crippen molar-refractivity contribution in [3.8, 4) is 0 Å². The Bertz CT molecular complexity index is 818. The molecular weight excluding hydrogens is 402 g/mol. The maximum absolute atomic E-state index is 11.5. The van der Waals surface area contributed by atoms with Gasteiger partial charge in [-0.1, -0.05) is 61.0 Å². The standard InChI is InChI=1S/C24H27NO2.ClH.H2S/c26-24(27)23-13-5-6-16-25(23)17-7-12-22-20-10-3-1-8-18(20)14-15-19-9-2-4-11-21(19)22;;/h1-4,8-12,23H,5-7,13-17H2,(H,26,27);1H;1H2. The number of hydrogen-bond donors (Lipinski definition) is 1. The lowest BCUT2D eigenvalue weighted by molar-refractivity contribution is -0.144. The Labute approximate surface area is 186 Å². The van der Waals surface area contributed by atoms with Gasteiger partial charge in [0.05, 0.1) is 0 Å². The Hall–Kier alpha value is -1.75. The molecule has 0 bridgehead atoms. The fourth-order valence-corrected chi connectivity index (χ4v) is 4.55. The van der Waals surface area contributed by atoms with E-state index in [0.29, 0.717) is 0 Å². The second-order valence-electron chi connectivity index (χ2n) is 7.61. The van der Waals surface area contributed by atoms with Gasteiger partial charge in [0, 0.05) is 6.54 Å². The Kier molecular flexibility index (Phi) is 8.81. The highest BCUT2D eigenvalue weighted by Crippen LogP contribution is 2.33. The zero-order chi connectivity index (χ0) is 18.6. The van der Waals surface area contributed by atoms with E-state index in [9.17, 15) is 9.90 Å². The van der Waals surface area contributed by atoms with Crippen LogP contribution in [0.3, 0.4) is 0 Å². The molecule has 0 radical (unpaired) electrons. The quantitative estimate of drug-likeness (QED) is 0.733. The SMILES string of the molecule is Cl.O=C(O)C1CCCCN1CCC=C1c2ccccc2CCc2ccccc21.S. The van der Waals surface area contributed by atoms with Gasteiger partial charge < -0.3 is 5.11 Å². The average molecular weight is 432 g/mol. The van der Waals surface area contributed by atoms with E-state index in [0.717, 1.165) is 51.6 Å². The summed E-state index contributed by atoms with van der Waals surface area (Å²) in [7, 11) is 0. The Morgan fingerprint density at radius 2 is 1.59 bits per heavy atom. The maximum Gasteiger partial charge on any atom is 0.320 e. The second kappa shape index (κ2) is 10.9. The predicted molar refractivity (Wildman–Crippen MR) is 126 cm³/mol. The van der Waals surface area contributed by atoms with Crippen LogP contribution in [0, 0.1) is 0 Å². The van der Waals surface area contributed by atoms with E-state index < -0.39 is 5.97 Å². The summed E-state index contributed by atoms with van der Waals surface area (Å²) >= 11 is 0. The van der Waals surface area contributed by atoms with Crippen LogP contribution in [0.4, 0.5) is 0 Å². The van der Waals surface area contributed by atoms with Crippen LogP contribution >= 0.6 is 25.9 Å². The number of piperidine rings is 1. The molecule has 29 heavy (non-hydrogen) atoms. The number of carbonyl (C=O) groups is 1. The summed E-state index contributed by atoms with van der Waals surface area (Å²) in [5.74, 6) is -0.674. The summed E-state index contributed by atoms with van der Waals surface area (Å²) in [5.41, 5.74) is 6.78. The molecule has 1 heterocycles. The van der Waals surface area contributed by atoms with Gasteiger partial charge in [0.1, 0.15) is 6.04 Å². The molecule has 4 rings (SSSR count). The molecule has 3 nitrogen and oxygen atoms in total. The van der Waals surface area contributed by atoms with Crippen LogP contribution in [-0.2, 0) is 17.6 Å². The van der Waals surface area contributed by atoms with Gasteiger partial charge in [0.2, 0.25) is 0 Å². The van der Waals surface area contributed by atoms with E-state index in [-0.39, 0.29) is 31.9 Å². The second-order valence-corrected chi connectivity index (χ2v) is 7.61. The summed E-state index contributed by atoms with van der Waals surface area (Å²) in [5, 5.41) is 9.50. The molecule has 2 aliphatic rings. The van der Waals surface area contributed by atoms with Gasteiger partial charge >= 0.3 is 5.97 Å². The summed E-state index contributed by atoms with van der Waals surface area (Å²) in [4.78, 5) is 13.7. The highest BCUT2D eigenvalue weighted by molar-refractivity contribution is 7.59. The molecule has 156 valence electrons. The molecule has 2 aromatic rings. The molecule has 2 aromatic carbocycles. The number of halogens is 1. The molecule has 1 aliphatic carbocycles. The number of benzene rings is 2. The number of aryl methyl sites for hydroxylation is 2. The van der Waals surface area contributed by atoms with Crippen molar-refractivity contribution in [3.05, 3.63) is 76.9 Å². The Morgan fingerprint density at radius 1 is 1.00 bits per heavy atom. The van der Waals surface area contributed by atoms with Crippen molar-refractivity contribution in [2.24, 2.45) is 0 Å². The number of fused-ring (bicyclic) bond motifs is 2. The van der Waals surface area contributed by atoms with Crippen molar-refractivity contribution in [2.75, 3.05) is 13.1 Å². The van der Waals surface area contributed by atoms with E-state index in [2.05, 4.69) is 59.5 Å². The fraction of sp³-hybridized carbons (Fsp3) is 0.375. The van der Waals surface area contributed by atoms with E-state index in [1.165, 1.54) is 27.8 Å². The predicted octanol–water partition coefficient (Wildman–Crippen LogP) is 5.08. The summed E-state index contributed by atoms with van der Waals surface area (Å²) < 4.78 is 0. The number of carboxylic acid groups (broad SMARTS) is 1. The molecule has 1 saturated heterocycles. The number of likely N-dealkylation sites (tertiary alicyclic amines) is 1. The van der Waals surface area contributed by atoms with E-state index >= 15 is 0 Å². The molecule has 1 aliphatic heterocycles. The highest BCUT2D eigenvalue weighted by Gasteiger charge is 2.27. The number of carboxylic acids is 1. The van der Waals surface area contributed by atoms with E-state index in [1.54, 1.807) is 0 Å². The minimum Gasteiger partial charge on any atom is -0.480 e. The molecule has 1 atom stereocenters. The number of nitrogens with zero attached hydrogens (tertiary/aromatic N) is 1. The third-order valence-corrected chi connectivity index (χ3v) is 5.94. The Morgan fingerprint density at radius 3 is 2.17 bits per heavy atom. The lowest BCUT2D eigenvalue weighted by Crippen LogP contribution is -2.44. The van der Waals surface area contributed by atoms with Gasteiger partial charge in [0.25, 0.3) is 0 Å². The van der Waals surface area contributed by atoms with Crippen LogP contribution in [-0.4, -0.2) is 35.1 Å². The number of hydrogen-bond acceptors (Lipinski definition) is 2. The topological polar surface area (TPSA) is 40.5 Å². The fourth-order valence-electron chi connectivity index (χ4n) is 4.55. The van der Waals surface area contributed by atoms with Crippen LogP contribution in [0.15, 0.2) is 54.6 Å². The molecular formula is C24H30ClNO2S. The highest BCUT2D eigenvalue weighted by atomic mass is 35.5. The lowest BCUT2D eigenvalue weighted by Gasteiger charge is -2.32. The molecule has 1 unspecified atom stereocenters. The van der Waals surface area contributed by atoms with Gasteiger partial charge in [-0.2, -0.15) is 13.5 Å². The first kappa shape index (κ1) is 23.5. The van der Waals surface area contributed by atoms with Crippen LogP contribution in [0.2, 0.25) is 0 Å². The van der Waals surface area contributed by atoms with Crippen molar-refractivity contribution in [1.29, 1.82) is 0 Å². The normalized spacial score (nSPS) is 18.3. The van der Waals surface area contributed by atoms with Gasteiger partial charge in [-0.15, -0.1) is 12.4 Å². The summed E-state index contributed by atoms with van der Waals surface area (Å²) in [6.45, 7) is 1.71.